The first-order chi connectivity index (χ1) is 6.70. The Bertz CT molecular complexity index is 508. The summed E-state index contributed by atoms with van der Waals surface area (Å²) in [5, 5.41) is 19.8. The van der Waals surface area contributed by atoms with E-state index in [0.717, 1.165) is 5.39 Å². The van der Waals surface area contributed by atoms with Crippen molar-refractivity contribution >= 4 is 46.3 Å². The third-order valence-corrected chi connectivity index (χ3v) is 2.13. The van der Waals surface area contributed by atoms with Gasteiger partial charge in [0.05, 0.1) is 0 Å². The molecule has 3 nitrogen and oxygen atoms in total. The summed E-state index contributed by atoms with van der Waals surface area (Å²) in [6.45, 7) is 0. The Morgan fingerprint density at radius 3 is 2.40 bits per heavy atom. The summed E-state index contributed by atoms with van der Waals surface area (Å²) >= 11 is 0. The molecule has 2 rings (SSSR count). The Hall–Kier alpha value is -1.03. The fourth-order valence-corrected chi connectivity index (χ4v) is 1.43. The van der Waals surface area contributed by atoms with Crippen LogP contribution in [-0.4, -0.2) is 45.7 Å². The van der Waals surface area contributed by atoms with Gasteiger partial charge in [0.1, 0.15) is 11.3 Å². The van der Waals surface area contributed by atoms with Gasteiger partial charge in [-0.2, -0.15) is 0 Å². The minimum absolute atomic E-state index is 0. The number of hydrogen-bond donors (Lipinski definition) is 2. The minimum atomic E-state index is -1.12. The second kappa shape index (κ2) is 4.66. The number of carboxylic acid groups (broad SMARTS) is 1. The van der Waals surface area contributed by atoms with Gasteiger partial charge in [0.2, 0.25) is 0 Å². The van der Waals surface area contributed by atoms with Crippen molar-refractivity contribution in [1.82, 2.24) is 0 Å². The van der Waals surface area contributed by atoms with Gasteiger partial charge >= 0.3 is 35.5 Å². The summed E-state index contributed by atoms with van der Waals surface area (Å²) in [6.07, 6.45) is 0. The molecular formula is C11H9NaO3. The molecule has 0 heterocycles. The van der Waals surface area contributed by atoms with Gasteiger partial charge in [0.25, 0.3) is 0 Å². The molecule has 2 aromatic rings. The fourth-order valence-electron chi connectivity index (χ4n) is 1.43. The Morgan fingerprint density at radius 2 is 1.73 bits per heavy atom. The molecule has 72 valence electrons. The third-order valence-electron chi connectivity index (χ3n) is 2.13. The molecule has 0 aliphatic heterocycles. The maximum absolute atomic E-state index is 10.7. The molecule has 0 aliphatic rings. The Labute approximate surface area is 109 Å². The van der Waals surface area contributed by atoms with Crippen LogP contribution in [0.15, 0.2) is 36.4 Å². The molecular weight excluding hydrogens is 203 g/mol. The number of aromatic hydroxyl groups is 1. The van der Waals surface area contributed by atoms with Gasteiger partial charge in [-0.3, -0.25) is 0 Å². The van der Waals surface area contributed by atoms with Crippen molar-refractivity contribution in [1.29, 1.82) is 0 Å². The van der Waals surface area contributed by atoms with Crippen molar-refractivity contribution < 1.29 is 15.0 Å². The van der Waals surface area contributed by atoms with Crippen LogP contribution in [0.3, 0.4) is 0 Å². The van der Waals surface area contributed by atoms with Crippen LogP contribution in [0.2, 0.25) is 0 Å². The zero-order valence-electron chi connectivity index (χ0n) is 7.27. The van der Waals surface area contributed by atoms with Gasteiger partial charge in [0.15, 0.2) is 0 Å². The number of phenols is 1. The SMILES string of the molecule is O=C(O)c1ccc2ccccc2c1O.[NaH]. The summed E-state index contributed by atoms with van der Waals surface area (Å²) in [7, 11) is 0. The van der Waals surface area contributed by atoms with Gasteiger partial charge in [0, 0.05) is 5.39 Å². The zero-order valence-corrected chi connectivity index (χ0v) is 7.27. The van der Waals surface area contributed by atoms with E-state index in [2.05, 4.69) is 0 Å². The van der Waals surface area contributed by atoms with E-state index in [1.807, 2.05) is 12.1 Å². The molecule has 0 unspecified atom stereocenters. The van der Waals surface area contributed by atoms with Crippen molar-refractivity contribution in [2.45, 2.75) is 0 Å². The Kier molecular flexibility index (Phi) is 3.74. The summed E-state index contributed by atoms with van der Waals surface area (Å²) in [4.78, 5) is 10.7. The number of rotatable bonds is 1. The van der Waals surface area contributed by atoms with Gasteiger partial charge in [-0.05, 0) is 11.5 Å². The molecule has 4 heteroatoms. The van der Waals surface area contributed by atoms with E-state index >= 15 is 0 Å². The summed E-state index contributed by atoms with van der Waals surface area (Å²) in [6, 6.07) is 10.2. The van der Waals surface area contributed by atoms with Crippen LogP contribution >= 0.6 is 0 Å². The quantitative estimate of drug-likeness (QED) is 0.706. The van der Waals surface area contributed by atoms with Crippen molar-refractivity contribution in [3.05, 3.63) is 42.0 Å². The van der Waals surface area contributed by atoms with E-state index in [1.165, 1.54) is 6.07 Å². The van der Waals surface area contributed by atoms with Crippen molar-refractivity contribution in [3.8, 4) is 5.75 Å². The second-order valence-electron chi connectivity index (χ2n) is 2.99. The van der Waals surface area contributed by atoms with Gasteiger partial charge in [-0.1, -0.05) is 30.3 Å². The van der Waals surface area contributed by atoms with Crippen LogP contribution < -0.4 is 0 Å². The van der Waals surface area contributed by atoms with E-state index in [1.54, 1.807) is 18.2 Å². The first-order valence-electron chi connectivity index (χ1n) is 4.14. The predicted octanol–water partition coefficient (Wildman–Crippen LogP) is 1.60. The predicted molar refractivity (Wildman–Crippen MR) is 59.7 cm³/mol. The molecule has 2 aromatic carbocycles. The van der Waals surface area contributed by atoms with Crippen molar-refractivity contribution in [2.75, 3.05) is 0 Å². The second-order valence-corrected chi connectivity index (χ2v) is 2.99. The third kappa shape index (κ3) is 2.15. The molecule has 0 saturated carbocycles. The number of fused-ring (bicyclic) bond motifs is 1. The normalized spacial score (nSPS) is 9.60. The average Bonchev–Trinajstić information content (AvgIpc) is 2.18. The van der Waals surface area contributed by atoms with E-state index in [9.17, 15) is 9.90 Å². The zero-order chi connectivity index (χ0) is 10.1. The molecule has 0 fully saturated rings. The van der Waals surface area contributed by atoms with Crippen molar-refractivity contribution in [2.24, 2.45) is 0 Å². The van der Waals surface area contributed by atoms with Crippen LogP contribution in [0, 0.1) is 0 Å². The van der Waals surface area contributed by atoms with E-state index < -0.39 is 5.97 Å². The molecule has 0 radical (unpaired) electrons. The molecule has 0 bridgehead atoms. The molecule has 0 spiro atoms. The molecule has 0 aromatic heterocycles. The van der Waals surface area contributed by atoms with E-state index in [0.29, 0.717) is 5.39 Å². The van der Waals surface area contributed by atoms with Crippen LogP contribution in [0.4, 0.5) is 0 Å². The van der Waals surface area contributed by atoms with Gasteiger partial charge in [-0.15, -0.1) is 0 Å². The topological polar surface area (TPSA) is 57.5 Å². The summed E-state index contributed by atoms with van der Waals surface area (Å²) < 4.78 is 0. The van der Waals surface area contributed by atoms with E-state index in [-0.39, 0.29) is 40.9 Å². The number of aromatic carboxylic acids is 1. The molecule has 0 amide bonds. The van der Waals surface area contributed by atoms with Gasteiger partial charge in [-0.25, -0.2) is 4.79 Å². The maximum atomic E-state index is 10.7. The molecule has 15 heavy (non-hydrogen) atoms. The summed E-state index contributed by atoms with van der Waals surface area (Å²) in [5.41, 5.74) is -0.0660. The first-order valence-corrected chi connectivity index (χ1v) is 4.14. The molecule has 0 saturated heterocycles. The Balaban J connectivity index is 0.00000112. The van der Waals surface area contributed by atoms with Crippen LogP contribution in [0.25, 0.3) is 10.8 Å². The van der Waals surface area contributed by atoms with Gasteiger partial charge < -0.3 is 10.2 Å². The van der Waals surface area contributed by atoms with Crippen molar-refractivity contribution in [3.63, 3.8) is 0 Å². The Morgan fingerprint density at radius 1 is 1.07 bits per heavy atom. The standard InChI is InChI=1S/C11H8O3.Na.H/c12-10-8-4-2-1-3-7(8)5-6-9(10)11(13)14;;/h1-6,12H,(H,13,14);;. The molecule has 2 N–H and O–H groups in total. The summed E-state index contributed by atoms with van der Waals surface area (Å²) in [5.74, 6) is -1.29. The number of benzene rings is 2. The molecule has 0 atom stereocenters. The van der Waals surface area contributed by atoms with Crippen LogP contribution in [-0.2, 0) is 0 Å². The van der Waals surface area contributed by atoms with Crippen LogP contribution in [0.1, 0.15) is 10.4 Å². The average molecular weight is 212 g/mol. The number of carboxylic acids is 1. The monoisotopic (exact) mass is 212 g/mol. The van der Waals surface area contributed by atoms with E-state index in [4.69, 9.17) is 5.11 Å². The number of carbonyl (C=O) groups is 1. The van der Waals surface area contributed by atoms with Crippen LogP contribution in [0.5, 0.6) is 5.75 Å². The molecule has 0 aliphatic carbocycles. The first kappa shape index (κ1) is 12.0. The fraction of sp³-hybridized carbons (Fsp3) is 0. The number of hydrogen-bond acceptors (Lipinski definition) is 2.